The molecule has 1 aromatic rings. The Labute approximate surface area is 108 Å². The molecule has 2 atom stereocenters. The van der Waals surface area contributed by atoms with Crippen molar-refractivity contribution < 1.29 is 9.90 Å². The van der Waals surface area contributed by atoms with Crippen LogP contribution in [0.3, 0.4) is 0 Å². The molecule has 2 rings (SSSR count). The Balaban J connectivity index is 2.45. The summed E-state index contributed by atoms with van der Waals surface area (Å²) in [5, 5.41) is 9.68. The number of hydrogen-bond donors (Lipinski definition) is 1. The Morgan fingerprint density at radius 1 is 1.39 bits per heavy atom. The first-order valence-corrected chi connectivity index (χ1v) is 6.61. The van der Waals surface area contributed by atoms with Gasteiger partial charge in [-0.15, -0.1) is 0 Å². The number of carbonyl (C=O) groups is 1. The van der Waals surface area contributed by atoms with Gasteiger partial charge in [0, 0.05) is 0 Å². The molecular weight excluding hydrogens is 224 g/mol. The van der Waals surface area contributed by atoms with E-state index in [1.165, 1.54) is 0 Å². The molecule has 2 heteroatoms. The Morgan fingerprint density at radius 2 is 2.11 bits per heavy atom. The number of hydrogen-bond acceptors (Lipinski definition) is 1. The second-order valence-corrected chi connectivity index (χ2v) is 5.20. The van der Waals surface area contributed by atoms with Crippen molar-refractivity contribution in [1.29, 1.82) is 0 Å². The van der Waals surface area contributed by atoms with Crippen molar-refractivity contribution in [3.05, 3.63) is 41.5 Å². The van der Waals surface area contributed by atoms with E-state index in [-0.39, 0.29) is 5.92 Å². The molecule has 0 saturated carbocycles. The van der Waals surface area contributed by atoms with E-state index in [0.717, 1.165) is 30.4 Å². The van der Waals surface area contributed by atoms with E-state index in [2.05, 4.69) is 19.1 Å². The van der Waals surface area contributed by atoms with Gasteiger partial charge in [-0.25, -0.2) is 0 Å². The summed E-state index contributed by atoms with van der Waals surface area (Å²) in [5.74, 6) is -0.634. The highest BCUT2D eigenvalue weighted by molar-refractivity contribution is 5.85. The van der Waals surface area contributed by atoms with Gasteiger partial charge >= 0.3 is 5.97 Å². The van der Waals surface area contributed by atoms with Gasteiger partial charge in [0.25, 0.3) is 0 Å². The summed E-state index contributed by atoms with van der Waals surface area (Å²) in [6.45, 7) is 4.00. The third kappa shape index (κ3) is 1.96. The van der Waals surface area contributed by atoms with Crippen LogP contribution in [0.1, 0.15) is 44.2 Å². The number of rotatable bonds is 4. The van der Waals surface area contributed by atoms with Gasteiger partial charge < -0.3 is 5.11 Å². The summed E-state index contributed by atoms with van der Waals surface area (Å²) in [7, 11) is 0. The molecule has 0 saturated heterocycles. The zero-order valence-electron chi connectivity index (χ0n) is 11.0. The third-order valence-electron chi connectivity index (χ3n) is 4.08. The monoisotopic (exact) mass is 244 g/mol. The highest BCUT2D eigenvalue weighted by atomic mass is 16.4. The van der Waals surface area contributed by atoms with Crippen molar-refractivity contribution in [3.8, 4) is 0 Å². The van der Waals surface area contributed by atoms with Crippen LogP contribution in [0.5, 0.6) is 0 Å². The minimum atomic E-state index is -0.791. The molecule has 1 N–H and O–H groups in total. The van der Waals surface area contributed by atoms with Crippen molar-refractivity contribution in [3.63, 3.8) is 0 Å². The minimum Gasteiger partial charge on any atom is -0.481 e. The van der Waals surface area contributed by atoms with Crippen LogP contribution in [0.4, 0.5) is 0 Å². The maximum Gasteiger partial charge on any atom is 0.314 e. The average Bonchev–Trinajstić information content (AvgIpc) is 2.38. The Kier molecular flexibility index (Phi) is 3.55. The van der Waals surface area contributed by atoms with Crippen LogP contribution in [0.25, 0.3) is 6.08 Å². The SMILES string of the molecule is CCCC[C@@H]1C=Cc2ccccc2[C@]1(C)C(=O)O. The Morgan fingerprint density at radius 3 is 2.78 bits per heavy atom. The molecule has 2 nitrogen and oxygen atoms in total. The zero-order chi connectivity index (χ0) is 13.2. The van der Waals surface area contributed by atoms with Crippen LogP contribution in [-0.4, -0.2) is 11.1 Å². The number of unbranched alkanes of at least 4 members (excludes halogenated alkanes) is 1. The van der Waals surface area contributed by atoms with Gasteiger partial charge in [-0.05, 0) is 30.4 Å². The molecule has 1 aliphatic rings. The molecule has 96 valence electrons. The first kappa shape index (κ1) is 12.9. The van der Waals surface area contributed by atoms with Crippen molar-refractivity contribution in [2.45, 2.75) is 38.5 Å². The minimum absolute atomic E-state index is 0.0878. The molecule has 0 spiro atoms. The molecule has 0 unspecified atom stereocenters. The fraction of sp³-hybridized carbons (Fsp3) is 0.438. The lowest BCUT2D eigenvalue weighted by atomic mass is 9.66. The maximum absolute atomic E-state index is 11.8. The quantitative estimate of drug-likeness (QED) is 0.873. The second kappa shape index (κ2) is 4.97. The number of carboxylic acid groups (broad SMARTS) is 1. The molecule has 1 aromatic carbocycles. The van der Waals surface area contributed by atoms with E-state index >= 15 is 0 Å². The van der Waals surface area contributed by atoms with E-state index in [9.17, 15) is 9.90 Å². The predicted molar refractivity (Wildman–Crippen MR) is 73.5 cm³/mol. The van der Waals surface area contributed by atoms with Gasteiger partial charge in [-0.2, -0.15) is 0 Å². The van der Waals surface area contributed by atoms with Crippen LogP contribution >= 0.6 is 0 Å². The lowest BCUT2D eigenvalue weighted by Gasteiger charge is -2.36. The van der Waals surface area contributed by atoms with Crippen LogP contribution in [0, 0.1) is 5.92 Å². The van der Waals surface area contributed by atoms with E-state index in [1.807, 2.05) is 31.2 Å². The van der Waals surface area contributed by atoms with Crippen molar-refractivity contribution in [2.24, 2.45) is 5.92 Å². The fourth-order valence-corrected chi connectivity index (χ4v) is 2.81. The number of fused-ring (bicyclic) bond motifs is 1. The standard InChI is InChI=1S/C16H20O2/c1-3-4-8-13-11-10-12-7-5-6-9-14(12)16(13,2)15(17)18/h5-7,9-11,13H,3-4,8H2,1-2H3,(H,17,18)/t13-,16-/m1/s1. The number of allylic oxidation sites excluding steroid dienone is 1. The molecule has 0 fully saturated rings. The molecule has 0 bridgehead atoms. The highest BCUT2D eigenvalue weighted by Gasteiger charge is 2.44. The summed E-state index contributed by atoms with van der Waals surface area (Å²) in [4.78, 5) is 11.8. The third-order valence-corrected chi connectivity index (χ3v) is 4.08. The lowest BCUT2D eigenvalue weighted by Crippen LogP contribution is -2.41. The summed E-state index contributed by atoms with van der Waals surface area (Å²) >= 11 is 0. The van der Waals surface area contributed by atoms with Gasteiger partial charge in [-0.3, -0.25) is 4.79 Å². The number of carboxylic acids is 1. The predicted octanol–water partition coefficient (Wildman–Crippen LogP) is 3.86. The molecule has 0 radical (unpaired) electrons. The zero-order valence-corrected chi connectivity index (χ0v) is 11.0. The average molecular weight is 244 g/mol. The summed E-state index contributed by atoms with van der Waals surface area (Å²) < 4.78 is 0. The normalized spacial score (nSPS) is 25.8. The Hall–Kier alpha value is -1.57. The molecule has 0 amide bonds. The van der Waals surface area contributed by atoms with Gasteiger partial charge in [0.1, 0.15) is 0 Å². The first-order valence-electron chi connectivity index (χ1n) is 6.61. The van der Waals surface area contributed by atoms with Crippen LogP contribution in [0.15, 0.2) is 30.3 Å². The van der Waals surface area contributed by atoms with Gasteiger partial charge in [0.2, 0.25) is 0 Å². The van der Waals surface area contributed by atoms with E-state index in [0.29, 0.717) is 0 Å². The van der Waals surface area contributed by atoms with E-state index < -0.39 is 11.4 Å². The molecular formula is C16H20O2. The molecule has 0 aromatic heterocycles. The fourth-order valence-electron chi connectivity index (χ4n) is 2.81. The number of aliphatic carboxylic acids is 1. The van der Waals surface area contributed by atoms with Crippen molar-refractivity contribution in [1.82, 2.24) is 0 Å². The van der Waals surface area contributed by atoms with Gasteiger partial charge in [0.15, 0.2) is 0 Å². The van der Waals surface area contributed by atoms with Crippen molar-refractivity contribution in [2.75, 3.05) is 0 Å². The summed E-state index contributed by atoms with van der Waals surface area (Å²) in [5.41, 5.74) is 1.19. The van der Waals surface area contributed by atoms with E-state index in [1.54, 1.807) is 0 Å². The smallest absolute Gasteiger partial charge is 0.314 e. The second-order valence-electron chi connectivity index (χ2n) is 5.20. The van der Waals surface area contributed by atoms with Gasteiger partial charge in [-0.1, -0.05) is 56.2 Å². The highest BCUT2D eigenvalue weighted by Crippen LogP contribution is 2.42. The summed E-state index contributed by atoms with van der Waals surface area (Å²) in [6, 6.07) is 7.82. The molecule has 18 heavy (non-hydrogen) atoms. The number of benzene rings is 1. The van der Waals surface area contributed by atoms with E-state index in [4.69, 9.17) is 0 Å². The largest absolute Gasteiger partial charge is 0.481 e. The van der Waals surface area contributed by atoms with Gasteiger partial charge in [0.05, 0.1) is 5.41 Å². The van der Waals surface area contributed by atoms with Crippen LogP contribution in [0.2, 0.25) is 0 Å². The maximum atomic E-state index is 11.8. The topological polar surface area (TPSA) is 37.3 Å². The summed E-state index contributed by atoms with van der Waals surface area (Å²) in [6.07, 6.45) is 7.25. The molecule has 0 aliphatic heterocycles. The molecule has 0 heterocycles. The Bertz CT molecular complexity index is 476. The lowest BCUT2D eigenvalue weighted by molar-refractivity contribution is -0.145. The van der Waals surface area contributed by atoms with Crippen LogP contribution < -0.4 is 0 Å². The molecule has 1 aliphatic carbocycles. The van der Waals surface area contributed by atoms with Crippen LogP contribution in [-0.2, 0) is 10.2 Å². The first-order chi connectivity index (χ1) is 8.60. The van der Waals surface area contributed by atoms with Crippen molar-refractivity contribution >= 4 is 12.0 Å².